The molecule has 0 saturated heterocycles. The average molecular weight is 933 g/mol. The summed E-state index contributed by atoms with van der Waals surface area (Å²) in [4.78, 5) is 38.0. The SMILES string of the molecule is CC/C=C\C/C=C\C/C=C\C/C=C\C/C=C\CCCCCCCCCCCC(=O)OCC(COC(=O)CCCCCCCCCCCC)OC(=O)CCCCCCC/C=C\C/C=C\CCCC. The van der Waals surface area contributed by atoms with E-state index in [1.165, 1.54) is 103 Å². The molecule has 384 valence electrons. The topological polar surface area (TPSA) is 78.9 Å². The van der Waals surface area contributed by atoms with Crippen molar-refractivity contribution in [3.63, 3.8) is 0 Å². The molecule has 0 saturated carbocycles. The van der Waals surface area contributed by atoms with Crippen LogP contribution in [0.2, 0.25) is 0 Å². The Labute approximate surface area is 414 Å². The normalized spacial score (nSPS) is 12.7. The summed E-state index contributed by atoms with van der Waals surface area (Å²) < 4.78 is 16.8. The van der Waals surface area contributed by atoms with E-state index in [1.807, 2.05) is 0 Å². The molecule has 0 aliphatic carbocycles. The highest BCUT2D eigenvalue weighted by Crippen LogP contribution is 2.15. The zero-order valence-corrected chi connectivity index (χ0v) is 43.9. The van der Waals surface area contributed by atoms with Crippen molar-refractivity contribution in [2.24, 2.45) is 0 Å². The van der Waals surface area contributed by atoms with Gasteiger partial charge in [-0.15, -0.1) is 0 Å². The van der Waals surface area contributed by atoms with Crippen molar-refractivity contribution in [2.45, 2.75) is 271 Å². The van der Waals surface area contributed by atoms with Gasteiger partial charge in [-0.1, -0.05) is 241 Å². The van der Waals surface area contributed by atoms with Crippen molar-refractivity contribution in [2.75, 3.05) is 13.2 Å². The molecule has 0 aliphatic rings. The van der Waals surface area contributed by atoms with Crippen molar-refractivity contribution >= 4 is 17.9 Å². The van der Waals surface area contributed by atoms with E-state index in [9.17, 15) is 14.4 Å². The van der Waals surface area contributed by atoms with Crippen molar-refractivity contribution in [1.29, 1.82) is 0 Å². The summed E-state index contributed by atoms with van der Waals surface area (Å²) in [6.45, 7) is 6.46. The maximum absolute atomic E-state index is 12.8. The van der Waals surface area contributed by atoms with Gasteiger partial charge in [0.1, 0.15) is 13.2 Å². The molecule has 0 bridgehead atoms. The van der Waals surface area contributed by atoms with Gasteiger partial charge >= 0.3 is 17.9 Å². The Hall–Kier alpha value is -3.41. The quantitative estimate of drug-likeness (QED) is 0.0262. The molecule has 0 amide bonds. The van der Waals surface area contributed by atoms with Crippen LogP contribution < -0.4 is 0 Å². The predicted octanol–water partition coefficient (Wildman–Crippen LogP) is 18.8. The number of carbonyl (C=O) groups is 3. The Bertz CT molecular complexity index is 1300. The molecule has 0 spiro atoms. The first kappa shape index (κ1) is 63.6. The van der Waals surface area contributed by atoms with Crippen LogP contribution in [0.3, 0.4) is 0 Å². The fourth-order valence-corrected chi connectivity index (χ4v) is 7.66. The number of ether oxygens (including phenoxy) is 3. The molecule has 0 aliphatic heterocycles. The number of allylic oxidation sites excluding steroid dienone is 14. The van der Waals surface area contributed by atoms with E-state index < -0.39 is 6.10 Å². The van der Waals surface area contributed by atoms with Gasteiger partial charge in [0.2, 0.25) is 0 Å². The molecule has 6 heteroatoms. The first-order valence-corrected chi connectivity index (χ1v) is 28.1. The first-order valence-electron chi connectivity index (χ1n) is 28.1. The van der Waals surface area contributed by atoms with Gasteiger partial charge in [-0.2, -0.15) is 0 Å². The molecular formula is C61H104O6. The van der Waals surface area contributed by atoms with Crippen molar-refractivity contribution in [3.8, 4) is 0 Å². The van der Waals surface area contributed by atoms with Gasteiger partial charge in [-0.25, -0.2) is 0 Å². The third-order valence-corrected chi connectivity index (χ3v) is 11.9. The Morgan fingerprint density at radius 1 is 0.313 bits per heavy atom. The minimum Gasteiger partial charge on any atom is -0.462 e. The maximum Gasteiger partial charge on any atom is 0.306 e. The molecule has 0 radical (unpaired) electrons. The number of hydrogen-bond acceptors (Lipinski definition) is 6. The number of hydrogen-bond donors (Lipinski definition) is 0. The van der Waals surface area contributed by atoms with E-state index in [2.05, 4.69) is 106 Å². The van der Waals surface area contributed by atoms with Crippen LogP contribution in [0.15, 0.2) is 85.1 Å². The summed E-state index contributed by atoms with van der Waals surface area (Å²) in [5.74, 6) is -0.901. The summed E-state index contributed by atoms with van der Waals surface area (Å²) in [6, 6.07) is 0. The lowest BCUT2D eigenvalue weighted by molar-refractivity contribution is -0.167. The lowest BCUT2D eigenvalue weighted by Crippen LogP contribution is -2.30. The third-order valence-electron chi connectivity index (χ3n) is 11.9. The van der Waals surface area contributed by atoms with Crippen molar-refractivity contribution < 1.29 is 28.6 Å². The van der Waals surface area contributed by atoms with Crippen molar-refractivity contribution in [3.05, 3.63) is 85.1 Å². The molecule has 0 N–H and O–H groups in total. The standard InChI is InChI=1S/C61H104O6/c1-4-7-10-13-16-19-22-24-26-27-28-29-30-31-32-33-34-35-36-38-39-42-45-48-51-54-60(63)66-57-58(56-65-59(62)53-50-47-44-41-21-18-15-12-9-6-3)67-61(64)55-52-49-46-43-40-37-25-23-20-17-14-11-8-5-2/h7,10,14,16-17,19,23-26,28-29,31-32,58H,4-6,8-9,11-13,15,18,20-22,27,30,33-57H2,1-3H3/b10-7-,17-14-,19-16-,25-23-,26-24-,29-28-,32-31-. The molecule has 1 atom stereocenters. The highest BCUT2D eigenvalue weighted by Gasteiger charge is 2.19. The van der Waals surface area contributed by atoms with Gasteiger partial charge in [-0.3, -0.25) is 14.4 Å². The summed E-state index contributed by atoms with van der Waals surface area (Å²) in [7, 11) is 0. The fourth-order valence-electron chi connectivity index (χ4n) is 7.66. The lowest BCUT2D eigenvalue weighted by Gasteiger charge is -2.18. The van der Waals surface area contributed by atoms with Crippen LogP contribution in [0.5, 0.6) is 0 Å². The van der Waals surface area contributed by atoms with E-state index in [0.29, 0.717) is 19.3 Å². The van der Waals surface area contributed by atoms with Crippen LogP contribution in [-0.4, -0.2) is 37.2 Å². The Balaban J connectivity index is 4.28. The van der Waals surface area contributed by atoms with Gasteiger partial charge < -0.3 is 14.2 Å². The largest absolute Gasteiger partial charge is 0.462 e. The zero-order chi connectivity index (χ0) is 48.6. The summed E-state index contributed by atoms with van der Waals surface area (Å²) in [6.07, 6.45) is 71.5. The summed E-state index contributed by atoms with van der Waals surface area (Å²) in [5, 5.41) is 0. The molecule has 67 heavy (non-hydrogen) atoms. The molecule has 1 unspecified atom stereocenters. The molecular weight excluding hydrogens is 829 g/mol. The zero-order valence-electron chi connectivity index (χ0n) is 43.9. The van der Waals surface area contributed by atoms with E-state index >= 15 is 0 Å². The monoisotopic (exact) mass is 933 g/mol. The van der Waals surface area contributed by atoms with E-state index in [0.717, 1.165) is 122 Å². The summed E-state index contributed by atoms with van der Waals surface area (Å²) in [5.41, 5.74) is 0. The van der Waals surface area contributed by atoms with Gasteiger partial charge in [0, 0.05) is 19.3 Å². The predicted molar refractivity (Wildman–Crippen MR) is 288 cm³/mol. The number of rotatable bonds is 50. The average Bonchev–Trinajstić information content (AvgIpc) is 3.33. The molecule has 6 nitrogen and oxygen atoms in total. The molecule has 0 rings (SSSR count). The van der Waals surface area contributed by atoms with E-state index in [1.54, 1.807) is 0 Å². The minimum atomic E-state index is -0.784. The second-order valence-corrected chi connectivity index (χ2v) is 18.5. The Morgan fingerprint density at radius 2 is 0.597 bits per heavy atom. The van der Waals surface area contributed by atoms with E-state index in [-0.39, 0.29) is 31.1 Å². The highest BCUT2D eigenvalue weighted by atomic mass is 16.6. The Kier molecular flexibility index (Phi) is 52.4. The lowest BCUT2D eigenvalue weighted by atomic mass is 10.1. The molecule has 0 fully saturated rings. The van der Waals surface area contributed by atoms with Gasteiger partial charge in [0.05, 0.1) is 0 Å². The van der Waals surface area contributed by atoms with E-state index in [4.69, 9.17) is 14.2 Å². The van der Waals surface area contributed by atoms with Crippen LogP contribution in [0, 0.1) is 0 Å². The highest BCUT2D eigenvalue weighted by molar-refractivity contribution is 5.71. The van der Waals surface area contributed by atoms with Gasteiger partial charge in [-0.05, 0) is 89.9 Å². The molecule has 0 aromatic rings. The van der Waals surface area contributed by atoms with Crippen LogP contribution in [0.1, 0.15) is 265 Å². The van der Waals surface area contributed by atoms with Gasteiger partial charge in [0.15, 0.2) is 6.10 Å². The Morgan fingerprint density at radius 3 is 0.955 bits per heavy atom. The first-order chi connectivity index (χ1) is 33.0. The number of unbranched alkanes of at least 4 members (excludes halogenated alkanes) is 25. The van der Waals surface area contributed by atoms with Gasteiger partial charge in [0.25, 0.3) is 0 Å². The second-order valence-electron chi connectivity index (χ2n) is 18.5. The fraction of sp³-hybridized carbons (Fsp3) is 0.721. The molecule has 0 aromatic carbocycles. The van der Waals surface area contributed by atoms with Crippen LogP contribution >= 0.6 is 0 Å². The third kappa shape index (κ3) is 53.4. The van der Waals surface area contributed by atoms with Crippen molar-refractivity contribution in [1.82, 2.24) is 0 Å². The van der Waals surface area contributed by atoms with Crippen LogP contribution in [-0.2, 0) is 28.6 Å². The van der Waals surface area contributed by atoms with Crippen LogP contribution in [0.25, 0.3) is 0 Å². The second kappa shape index (κ2) is 55.2. The minimum absolute atomic E-state index is 0.0823. The molecule has 0 heterocycles. The number of esters is 3. The number of carbonyl (C=O) groups excluding carboxylic acids is 3. The molecule has 0 aromatic heterocycles. The summed E-state index contributed by atoms with van der Waals surface area (Å²) >= 11 is 0. The maximum atomic E-state index is 12.8. The van der Waals surface area contributed by atoms with Crippen LogP contribution in [0.4, 0.5) is 0 Å². The smallest absolute Gasteiger partial charge is 0.306 e.